The molecule has 71 valence electrons. The van der Waals surface area contributed by atoms with Crippen molar-refractivity contribution >= 4 is 5.97 Å². The zero-order chi connectivity index (χ0) is 9.72. The Labute approximate surface area is 75.3 Å². The van der Waals surface area contributed by atoms with Gasteiger partial charge in [-0.3, -0.25) is 4.79 Å². The maximum absolute atomic E-state index is 11.3. The van der Waals surface area contributed by atoms with E-state index in [-0.39, 0.29) is 18.0 Å². The van der Waals surface area contributed by atoms with Gasteiger partial charge in [0.2, 0.25) is 0 Å². The molecule has 0 aliphatic rings. The third-order valence-corrected chi connectivity index (χ3v) is 2.14. The first-order valence-electron chi connectivity index (χ1n) is 4.49. The molecule has 0 aromatic rings. The standard InChI is InChI=1S/C10H19O2/c1-6-8(4)12-10(11)9(5)7(2)3/h6-9H,1-5H3/t8-,9?/m0/s1. The second kappa shape index (κ2) is 5.18. The Bertz CT molecular complexity index is 141. The summed E-state index contributed by atoms with van der Waals surface area (Å²) < 4.78 is 5.13. The molecule has 1 unspecified atom stereocenters. The first-order chi connectivity index (χ1) is 5.49. The molecule has 0 bridgehead atoms. The second-order valence-electron chi connectivity index (χ2n) is 3.51. The van der Waals surface area contributed by atoms with Gasteiger partial charge in [-0.1, -0.05) is 27.7 Å². The SMILES string of the molecule is C[CH][C@H](C)OC(=O)C(C)C(C)C. The average Bonchev–Trinajstić information content (AvgIpc) is 2.02. The van der Waals surface area contributed by atoms with Gasteiger partial charge >= 0.3 is 5.97 Å². The van der Waals surface area contributed by atoms with E-state index in [1.165, 1.54) is 0 Å². The molecule has 0 saturated carbocycles. The molecule has 0 rings (SSSR count). The van der Waals surface area contributed by atoms with E-state index in [1.807, 2.05) is 41.0 Å². The molecule has 2 heteroatoms. The van der Waals surface area contributed by atoms with E-state index in [9.17, 15) is 4.79 Å². The predicted octanol–water partition coefficient (Wildman–Crippen LogP) is 2.43. The van der Waals surface area contributed by atoms with Crippen LogP contribution in [-0.2, 0) is 9.53 Å². The summed E-state index contributed by atoms with van der Waals surface area (Å²) in [6, 6.07) is 0. The Morgan fingerprint density at radius 2 is 1.75 bits per heavy atom. The van der Waals surface area contributed by atoms with Gasteiger partial charge in [0.15, 0.2) is 0 Å². The smallest absolute Gasteiger partial charge is 0.309 e. The monoisotopic (exact) mass is 171 g/mol. The molecule has 0 fully saturated rings. The Morgan fingerprint density at radius 1 is 1.25 bits per heavy atom. The predicted molar refractivity (Wildman–Crippen MR) is 49.5 cm³/mol. The molecule has 0 aliphatic heterocycles. The van der Waals surface area contributed by atoms with E-state index < -0.39 is 0 Å². The number of carbonyl (C=O) groups excluding carboxylic acids is 1. The zero-order valence-electron chi connectivity index (χ0n) is 8.63. The van der Waals surface area contributed by atoms with Crippen molar-refractivity contribution in [3.05, 3.63) is 6.42 Å². The Kier molecular flexibility index (Phi) is 4.95. The molecule has 0 heterocycles. The van der Waals surface area contributed by atoms with Crippen molar-refractivity contribution < 1.29 is 9.53 Å². The lowest BCUT2D eigenvalue weighted by Gasteiger charge is -2.17. The molecular weight excluding hydrogens is 152 g/mol. The first-order valence-corrected chi connectivity index (χ1v) is 4.49. The molecule has 2 atom stereocenters. The fourth-order valence-electron chi connectivity index (χ4n) is 0.631. The van der Waals surface area contributed by atoms with Crippen molar-refractivity contribution in [1.29, 1.82) is 0 Å². The lowest BCUT2D eigenvalue weighted by molar-refractivity contribution is -0.152. The van der Waals surface area contributed by atoms with Crippen LogP contribution in [0.25, 0.3) is 0 Å². The van der Waals surface area contributed by atoms with E-state index >= 15 is 0 Å². The van der Waals surface area contributed by atoms with Gasteiger partial charge in [0.1, 0.15) is 6.10 Å². The molecule has 0 aromatic heterocycles. The highest BCUT2D eigenvalue weighted by Gasteiger charge is 2.19. The molecular formula is C10H19O2. The highest BCUT2D eigenvalue weighted by Crippen LogP contribution is 2.12. The number of hydrogen-bond acceptors (Lipinski definition) is 2. The molecule has 1 radical (unpaired) electrons. The van der Waals surface area contributed by atoms with E-state index in [0.717, 1.165) is 0 Å². The van der Waals surface area contributed by atoms with Gasteiger partial charge in [-0.15, -0.1) is 0 Å². The first kappa shape index (κ1) is 11.5. The Balaban J connectivity index is 3.87. The summed E-state index contributed by atoms with van der Waals surface area (Å²) in [5, 5.41) is 0. The minimum atomic E-state index is -0.101. The summed E-state index contributed by atoms with van der Waals surface area (Å²) in [6.07, 6.45) is 1.80. The fourth-order valence-corrected chi connectivity index (χ4v) is 0.631. The number of esters is 1. The van der Waals surface area contributed by atoms with Crippen LogP contribution >= 0.6 is 0 Å². The highest BCUT2D eigenvalue weighted by molar-refractivity contribution is 5.72. The van der Waals surface area contributed by atoms with E-state index in [0.29, 0.717) is 5.92 Å². The van der Waals surface area contributed by atoms with Crippen LogP contribution < -0.4 is 0 Å². The molecule has 0 aromatic carbocycles. The number of rotatable bonds is 4. The largest absolute Gasteiger partial charge is 0.462 e. The maximum atomic E-state index is 11.3. The summed E-state index contributed by atoms with van der Waals surface area (Å²) in [5.74, 6) is 0.240. The van der Waals surface area contributed by atoms with E-state index in [2.05, 4.69) is 0 Å². The minimum Gasteiger partial charge on any atom is -0.462 e. The summed E-state index contributed by atoms with van der Waals surface area (Å²) in [5.41, 5.74) is 0. The summed E-state index contributed by atoms with van der Waals surface area (Å²) in [6.45, 7) is 9.69. The van der Waals surface area contributed by atoms with Gasteiger partial charge in [-0.05, 0) is 19.3 Å². The van der Waals surface area contributed by atoms with Gasteiger partial charge in [0.25, 0.3) is 0 Å². The normalized spacial score (nSPS) is 15.8. The van der Waals surface area contributed by atoms with Gasteiger partial charge in [0, 0.05) is 0 Å². The van der Waals surface area contributed by atoms with E-state index in [4.69, 9.17) is 4.74 Å². The van der Waals surface area contributed by atoms with Crippen LogP contribution in [0.3, 0.4) is 0 Å². The average molecular weight is 171 g/mol. The molecule has 0 saturated heterocycles. The van der Waals surface area contributed by atoms with Crippen LogP contribution in [0.2, 0.25) is 0 Å². The van der Waals surface area contributed by atoms with Gasteiger partial charge in [-0.2, -0.15) is 0 Å². The lowest BCUT2D eigenvalue weighted by atomic mass is 9.98. The number of ether oxygens (including phenoxy) is 1. The van der Waals surface area contributed by atoms with Gasteiger partial charge in [-0.25, -0.2) is 0 Å². The number of hydrogen-bond donors (Lipinski definition) is 0. The Hall–Kier alpha value is -0.530. The second-order valence-corrected chi connectivity index (χ2v) is 3.51. The van der Waals surface area contributed by atoms with Crippen molar-refractivity contribution in [2.45, 2.75) is 40.7 Å². The third kappa shape index (κ3) is 3.74. The quantitative estimate of drug-likeness (QED) is 0.607. The van der Waals surface area contributed by atoms with Gasteiger partial charge in [0.05, 0.1) is 5.92 Å². The topological polar surface area (TPSA) is 26.3 Å². The summed E-state index contributed by atoms with van der Waals surface area (Å²) in [4.78, 5) is 11.3. The van der Waals surface area contributed by atoms with Crippen LogP contribution in [0.5, 0.6) is 0 Å². The van der Waals surface area contributed by atoms with Crippen molar-refractivity contribution in [3.8, 4) is 0 Å². The van der Waals surface area contributed by atoms with Gasteiger partial charge < -0.3 is 4.74 Å². The molecule has 0 aliphatic carbocycles. The van der Waals surface area contributed by atoms with Crippen molar-refractivity contribution in [3.63, 3.8) is 0 Å². The van der Waals surface area contributed by atoms with Crippen LogP contribution in [0.15, 0.2) is 0 Å². The molecule has 0 N–H and O–H groups in total. The molecule has 2 nitrogen and oxygen atoms in total. The molecule has 0 spiro atoms. The minimum absolute atomic E-state index is 0.00704. The summed E-state index contributed by atoms with van der Waals surface area (Å²) >= 11 is 0. The maximum Gasteiger partial charge on any atom is 0.309 e. The third-order valence-electron chi connectivity index (χ3n) is 2.14. The van der Waals surface area contributed by atoms with Crippen LogP contribution in [0.4, 0.5) is 0 Å². The van der Waals surface area contributed by atoms with Crippen molar-refractivity contribution in [2.75, 3.05) is 0 Å². The highest BCUT2D eigenvalue weighted by atomic mass is 16.5. The van der Waals surface area contributed by atoms with Crippen molar-refractivity contribution in [2.24, 2.45) is 11.8 Å². The molecule has 0 amide bonds. The van der Waals surface area contributed by atoms with Crippen LogP contribution in [0.1, 0.15) is 34.6 Å². The zero-order valence-corrected chi connectivity index (χ0v) is 8.63. The lowest BCUT2D eigenvalue weighted by Crippen LogP contribution is -2.23. The fraction of sp³-hybridized carbons (Fsp3) is 0.800. The summed E-state index contributed by atoms with van der Waals surface area (Å²) in [7, 11) is 0. The van der Waals surface area contributed by atoms with Crippen LogP contribution in [0, 0.1) is 18.3 Å². The number of carbonyl (C=O) groups is 1. The van der Waals surface area contributed by atoms with E-state index in [1.54, 1.807) is 0 Å². The van der Waals surface area contributed by atoms with Crippen LogP contribution in [-0.4, -0.2) is 12.1 Å². The Morgan fingerprint density at radius 3 is 2.08 bits per heavy atom. The molecule has 12 heavy (non-hydrogen) atoms. The van der Waals surface area contributed by atoms with Crippen molar-refractivity contribution in [1.82, 2.24) is 0 Å².